The highest BCUT2D eigenvalue weighted by atomic mass is 127. The van der Waals surface area contributed by atoms with Crippen LogP contribution in [0.1, 0.15) is 22.7 Å². The van der Waals surface area contributed by atoms with E-state index in [1.54, 1.807) is 6.07 Å². The molecule has 26 heavy (non-hydrogen) atoms. The molecule has 0 aliphatic carbocycles. The fourth-order valence-corrected chi connectivity index (χ4v) is 2.26. The second-order valence-electron chi connectivity index (χ2n) is 5.30. The predicted molar refractivity (Wildman–Crippen MR) is 106 cm³/mol. The number of ether oxygens (including phenoxy) is 3. The molecule has 0 amide bonds. The molecule has 2 aromatic rings. The van der Waals surface area contributed by atoms with Crippen LogP contribution in [0, 0.1) is 0 Å². The molecule has 0 bridgehead atoms. The summed E-state index contributed by atoms with van der Waals surface area (Å²) < 4.78 is 21.1. The molecule has 2 heterocycles. The van der Waals surface area contributed by atoms with Crippen molar-refractivity contribution in [2.24, 2.45) is 10.7 Å². The molecule has 0 fully saturated rings. The summed E-state index contributed by atoms with van der Waals surface area (Å²) in [5.74, 6) is 1.69. The van der Waals surface area contributed by atoms with Gasteiger partial charge in [0.25, 0.3) is 0 Å². The van der Waals surface area contributed by atoms with Crippen LogP contribution in [-0.4, -0.2) is 32.3 Å². The number of aliphatic imine (C=N–C) groups is 1. The molecule has 140 valence electrons. The number of benzene rings is 1. The van der Waals surface area contributed by atoms with Crippen LogP contribution in [-0.2, 0) is 11.3 Å². The van der Waals surface area contributed by atoms with Gasteiger partial charge >= 0.3 is 5.97 Å². The third-order valence-corrected chi connectivity index (χ3v) is 3.47. The molecule has 1 aromatic carbocycles. The Morgan fingerprint density at radius 3 is 2.77 bits per heavy atom. The summed E-state index contributed by atoms with van der Waals surface area (Å²) in [7, 11) is 1.29. The highest BCUT2D eigenvalue weighted by molar-refractivity contribution is 14.0. The number of furan rings is 1. The first-order valence-electron chi connectivity index (χ1n) is 7.79. The van der Waals surface area contributed by atoms with Crippen molar-refractivity contribution in [3.05, 3.63) is 41.9 Å². The molecule has 0 unspecified atom stereocenters. The third kappa shape index (κ3) is 5.04. The van der Waals surface area contributed by atoms with Gasteiger partial charge in [0, 0.05) is 18.2 Å². The van der Waals surface area contributed by atoms with Crippen molar-refractivity contribution >= 4 is 41.6 Å². The number of fused-ring (bicyclic) bond motifs is 1. The second kappa shape index (κ2) is 9.32. The van der Waals surface area contributed by atoms with Gasteiger partial charge in [-0.3, -0.25) is 0 Å². The van der Waals surface area contributed by atoms with Crippen LogP contribution in [0.25, 0.3) is 0 Å². The van der Waals surface area contributed by atoms with Crippen molar-refractivity contribution in [2.75, 3.05) is 25.6 Å². The molecule has 0 radical (unpaired) electrons. The van der Waals surface area contributed by atoms with Gasteiger partial charge in [0.1, 0.15) is 12.3 Å². The molecule has 1 aliphatic rings. The lowest BCUT2D eigenvalue weighted by molar-refractivity contribution is 0.0563. The molecule has 9 heteroatoms. The minimum absolute atomic E-state index is 0. The fourth-order valence-electron chi connectivity index (χ4n) is 2.26. The van der Waals surface area contributed by atoms with E-state index in [2.05, 4.69) is 15.0 Å². The topological polar surface area (TPSA) is 108 Å². The zero-order valence-corrected chi connectivity index (χ0v) is 16.5. The highest BCUT2D eigenvalue weighted by Gasteiger charge is 2.12. The van der Waals surface area contributed by atoms with Gasteiger partial charge in [-0.05, 0) is 24.3 Å². The average Bonchev–Trinajstić information content (AvgIpc) is 2.97. The maximum atomic E-state index is 11.3. The minimum atomic E-state index is -0.534. The maximum absolute atomic E-state index is 11.3. The van der Waals surface area contributed by atoms with Crippen LogP contribution < -0.4 is 20.5 Å². The molecular formula is C17H20IN3O5. The summed E-state index contributed by atoms with van der Waals surface area (Å²) in [5, 5.41) is 2.98. The smallest absolute Gasteiger partial charge is 0.373 e. The number of carbonyl (C=O) groups excluding carboxylic acids is 1. The molecule has 8 nitrogen and oxygen atoms in total. The second-order valence-corrected chi connectivity index (χ2v) is 5.30. The number of hydrogen-bond donors (Lipinski definition) is 2. The van der Waals surface area contributed by atoms with Gasteiger partial charge in [-0.25, -0.2) is 9.79 Å². The first-order valence-corrected chi connectivity index (χ1v) is 7.79. The molecule has 1 aromatic heterocycles. The van der Waals surface area contributed by atoms with E-state index in [9.17, 15) is 4.79 Å². The van der Waals surface area contributed by atoms with Crippen molar-refractivity contribution in [2.45, 2.75) is 13.0 Å². The van der Waals surface area contributed by atoms with Crippen molar-refractivity contribution in [1.82, 2.24) is 0 Å². The number of halogens is 1. The van der Waals surface area contributed by atoms with Crippen LogP contribution in [0.4, 0.5) is 5.69 Å². The Hall–Kier alpha value is -2.43. The zero-order chi connectivity index (χ0) is 17.6. The zero-order valence-electron chi connectivity index (χ0n) is 14.2. The number of esters is 1. The number of guanidine groups is 1. The minimum Gasteiger partial charge on any atom is -0.490 e. The summed E-state index contributed by atoms with van der Waals surface area (Å²) in [5.41, 5.74) is 6.62. The van der Waals surface area contributed by atoms with Gasteiger partial charge in [-0.15, -0.1) is 24.0 Å². The van der Waals surface area contributed by atoms with E-state index in [0.29, 0.717) is 30.5 Å². The number of hydrogen-bond acceptors (Lipinski definition) is 6. The Morgan fingerprint density at radius 2 is 2.00 bits per heavy atom. The van der Waals surface area contributed by atoms with Gasteiger partial charge in [-0.2, -0.15) is 0 Å². The highest BCUT2D eigenvalue weighted by Crippen LogP contribution is 2.32. The van der Waals surface area contributed by atoms with Crippen LogP contribution >= 0.6 is 24.0 Å². The van der Waals surface area contributed by atoms with E-state index in [-0.39, 0.29) is 42.2 Å². The Balaban J connectivity index is 0.00000243. The van der Waals surface area contributed by atoms with Crippen LogP contribution in [0.3, 0.4) is 0 Å². The number of rotatable bonds is 4. The van der Waals surface area contributed by atoms with Gasteiger partial charge < -0.3 is 29.7 Å². The SMILES string of the molecule is COC(=O)c1ccc(CN=C(N)Nc2ccc3c(c2)OCCCO3)o1.I. The Bertz CT molecular complexity index is 790. The first kappa shape index (κ1) is 19.9. The summed E-state index contributed by atoms with van der Waals surface area (Å²) in [6, 6.07) is 8.65. The van der Waals surface area contributed by atoms with Crippen molar-refractivity contribution in [3.8, 4) is 11.5 Å². The number of anilines is 1. The Morgan fingerprint density at radius 1 is 1.23 bits per heavy atom. The largest absolute Gasteiger partial charge is 0.490 e. The Kier molecular flexibility index (Phi) is 7.13. The van der Waals surface area contributed by atoms with E-state index in [0.717, 1.165) is 12.1 Å². The fraction of sp³-hybridized carbons (Fsp3) is 0.294. The standard InChI is InChI=1S/C17H19N3O5.HI/c1-22-16(21)14-6-4-12(25-14)10-19-17(18)20-11-3-5-13-15(9-11)24-8-2-7-23-13;/h3-6,9H,2,7-8,10H2,1H3,(H3,18,19,20);1H. The number of nitrogens with one attached hydrogen (secondary N) is 1. The van der Waals surface area contributed by atoms with Crippen LogP contribution in [0.2, 0.25) is 0 Å². The van der Waals surface area contributed by atoms with E-state index in [1.165, 1.54) is 13.2 Å². The quantitative estimate of drug-likeness (QED) is 0.304. The monoisotopic (exact) mass is 473 g/mol. The molecule has 0 saturated heterocycles. The molecule has 0 spiro atoms. The number of carbonyl (C=O) groups is 1. The number of nitrogens with two attached hydrogens (primary N) is 1. The van der Waals surface area contributed by atoms with Gasteiger partial charge in [0.05, 0.1) is 20.3 Å². The van der Waals surface area contributed by atoms with E-state index < -0.39 is 5.97 Å². The molecule has 0 atom stereocenters. The number of nitrogens with zero attached hydrogens (tertiary/aromatic N) is 1. The van der Waals surface area contributed by atoms with Crippen molar-refractivity contribution < 1.29 is 23.4 Å². The average molecular weight is 473 g/mol. The summed E-state index contributed by atoms with van der Waals surface area (Å²) >= 11 is 0. The van der Waals surface area contributed by atoms with Gasteiger partial charge in [-0.1, -0.05) is 0 Å². The lowest BCUT2D eigenvalue weighted by Crippen LogP contribution is -2.22. The van der Waals surface area contributed by atoms with Gasteiger partial charge in [0.15, 0.2) is 17.5 Å². The van der Waals surface area contributed by atoms with Crippen molar-refractivity contribution in [3.63, 3.8) is 0 Å². The van der Waals surface area contributed by atoms with Crippen LogP contribution in [0.15, 0.2) is 39.7 Å². The van der Waals surface area contributed by atoms with Crippen molar-refractivity contribution in [1.29, 1.82) is 0 Å². The Labute approximate surface area is 167 Å². The van der Waals surface area contributed by atoms with E-state index in [4.69, 9.17) is 19.6 Å². The first-order chi connectivity index (χ1) is 12.2. The summed E-state index contributed by atoms with van der Waals surface area (Å²) in [6.07, 6.45) is 0.845. The third-order valence-electron chi connectivity index (χ3n) is 3.47. The summed E-state index contributed by atoms with van der Waals surface area (Å²) in [4.78, 5) is 15.5. The molecular weight excluding hydrogens is 453 g/mol. The molecule has 3 N–H and O–H groups in total. The molecule has 0 saturated carbocycles. The van der Waals surface area contributed by atoms with E-state index in [1.807, 2.05) is 18.2 Å². The van der Waals surface area contributed by atoms with E-state index >= 15 is 0 Å². The normalized spacial score (nSPS) is 13.3. The number of methoxy groups -OCH3 is 1. The maximum Gasteiger partial charge on any atom is 0.373 e. The van der Waals surface area contributed by atoms with Gasteiger partial charge in [0.2, 0.25) is 5.76 Å². The summed E-state index contributed by atoms with van der Waals surface area (Å²) in [6.45, 7) is 1.45. The lowest BCUT2D eigenvalue weighted by atomic mass is 10.3. The lowest BCUT2D eigenvalue weighted by Gasteiger charge is -2.10. The van der Waals surface area contributed by atoms with Crippen LogP contribution in [0.5, 0.6) is 11.5 Å². The molecule has 1 aliphatic heterocycles. The predicted octanol–water partition coefficient (Wildman–Crippen LogP) is 2.77. The molecule has 3 rings (SSSR count).